The molecule has 14 N–H and O–H groups in total. The van der Waals surface area contributed by atoms with E-state index in [1.54, 1.807) is 0 Å². The van der Waals surface area contributed by atoms with Crippen molar-refractivity contribution >= 4 is 35.6 Å². The normalized spacial score (nSPS) is 14.0. The number of carboxylic acids is 1. The smallest absolute Gasteiger partial charge is 0.325 e. The number of nitrogens with two attached hydrogens (primary N) is 5. The van der Waals surface area contributed by atoms with E-state index < -0.39 is 47.9 Å². The second kappa shape index (κ2) is 15.2. The van der Waals surface area contributed by atoms with Crippen molar-refractivity contribution in [3.63, 3.8) is 0 Å². The van der Waals surface area contributed by atoms with Gasteiger partial charge in [0.15, 0.2) is 11.9 Å². The van der Waals surface area contributed by atoms with Crippen LogP contribution >= 0.6 is 0 Å². The Kier molecular flexibility index (Phi) is 13.6. The number of hydrogen-bond acceptors (Lipinski definition) is 7. The number of carbonyl (C=O) groups excluding carboxylic acids is 3. The highest BCUT2D eigenvalue weighted by Crippen LogP contribution is 2.03. The number of carboxylic acid groups (broad SMARTS) is 1. The summed E-state index contributed by atoms with van der Waals surface area (Å²) >= 11 is 0. The molecule has 4 atom stereocenters. The molecular weight excluding hydrogens is 436 g/mol. The zero-order valence-electron chi connectivity index (χ0n) is 18.9. The van der Waals surface area contributed by atoms with Gasteiger partial charge in [0.1, 0.15) is 18.1 Å². The van der Waals surface area contributed by atoms with Gasteiger partial charge >= 0.3 is 5.97 Å². The fraction of sp³-hybridized carbons (Fsp3) is 0.667. The molecule has 15 nitrogen and oxygen atoms in total. The second-order valence-electron chi connectivity index (χ2n) is 7.36. The lowest BCUT2D eigenvalue weighted by Gasteiger charge is -2.23. The predicted octanol–water partition coefficient (Wildman–Crippen LogP) is -4.00. The summed E-state index contributed by atoms with van der Waals surface area (Å²) in [5, 5.41) is 16.2. The van der Waals surface area contributed by atoms with E-state index >= 15 is 0 Å². The number of hydrogen-bond donors (Lipinski definition) is 9. The molecule has 0 rings (SSSR count). The van der Waals surface area contributed by atoms with Crippen LogP contribution in [-0.4, -0.2) is 78.0 Å². The van der Waals surface area contributed by atoms with Crippen LogP contribution < -0.4 is 44.6 Å². The van der Waals surface area contributed by atoms with Crippen LogP contribution in [0, 0.1) is 0 Å². The van der Waals surface area contributed by atoms with Crippen LogP contribution in [0.15, 0.2) is 9.98 Å². The molecule has 188 valence electrons. The molecule has 0 bridgehead atoms. The van der Waals surface area contributed by atoms with Gasteiger partial charge in [-0.2, -0.15) is 0 Å². The number of carbonyl (C=O) groups is 4. The first-order valence-electron chi connectivity index (χ1n) is 10.3. The Bertz CT molecular complexity index is 734. The highest BCUT2D eigenvalue weighted by Gasteiger charge is 2.27. The molecule has 0 spiro atoms. The molecule has 4 unspecified atom stereocenters. The minimum Gasteiger partial charge on any atom is -0.480 e. The van der Waals surface area contributed by atoms with Gasteiger partial charge in [0.2, 0.25) is 17.7 Å². The van der Waals surface area contributed by atoms with Gasteiger partial charge in [0.25, 0.3) is 0 Å². The lowest BCUT2D eigenvalue weighted by molar-refractivity contribution is -0.141. The van der Waals surface area contributed by atoms with E-state index in [1.165, 1.54) is 13.8 Å². The number of aliphatic carboxylic acids is 1. The van der Waals surface area contributed by atoms with Crippen molar-refractivity contribution in [2.45, 2.75) is 63.7 Å². The van der Waals surface area contributed by atoms with Gasteiger partial charge in [-0.25, -0.2) is 0 Å². The predicted molar refractivity (Wildman–Crippen MR) is 123 cm³/mol. The molecule has 3 amide bonds. The summed E-state index contributed by atoms with van der Waals surface area (Å²) in [5.74, 6) is -3.31. The zero-order valence-corrected chi connectivity index (χ0v) is 18.9. The first kappa shape index (κ1) is 29.4. The summed E-state index contributed by atoms with van der Waals surface area (Å²) in [4.78, 5) is 55.8. The third-order valence-corrected chi connectivity index (χ3v) is 4.36. The van der Waals surface area contributed by atoms with Crippen LogP contribution in [0.25, 0.3) is 0 Å². The summed E-state index contributed by atoms with van der Waals surface area (Å²) < 4.78 is 0. The van der Waals surface area contributed by atoms with Crippen LogP contribution in [0.2, 0.25) is 0 Å². The minimum atomic E-state index is -1.22. The number of nitrogens with one attached hydrogen (secondary N) is 3. The first-order chi connectivity index (χ1) is 15.3. The maximum Gasteiger partial charge on any atom is 0.325 e. The largest absolute Gasteiger partial charge is 0.480 e. The SMILES string of the molecule is CC(NC(=O)C(C)NC(=O)C(CCCN=C(N)N)NC(=O)C(N)CCCN=C(N)N)C(=O)O. The minimum absolute atomic E-state index is 0.0681. The van der Waals surface area contributed by atoms with Crippen molar-refractivity contribution in [3.8, 4) is 0 Å². The molecule has 0 aliphatic carbocycles. The molecule has 0 saturated carbocycles. The Morgan fingerprint density at radius 1 is 0.758 bits per heavy atom. The molecule has 15 heteroatoms. The maximum atomic E-state index is 12.7. The van der Waals surface area contributed by atoms with Gasteiger partial charge in [-0.3, -0.25) is 29.2 Å². The second-order valence-corrected chi connectivity index (χ2v) is 7.36. The van der Waals surface area contributed by atoms with Crippen molar-refractivity contribution in [1.29, 1.82) is 0 Å². The molecule has 0 heterocycles. The van der Waals surface area contributed by atoms with E-state index in [2.05, 4.69) is 25.9 Å². The van der Waals surface area contributed by atoms with Gasteiger partial charge in [-0.1, -0.05) is 0 Å². The van der Waals surface area contributed by atoms with Crippen LogP contribution in [0.3, 0.4) is 0 Å². The first-order valence-corrected chi connectivity index (χ1v) is 10.3. The molecule has 0 aromatic heterocycles. The third-order valence-electron chi connectivity index (χ3n) is 4.36. The number of rotatable bonds is 15. The van der Waals surface area contributed by atoms with Crippen molar-refractivity contribution in [2.24, 2.45) is 38.7 Å². The molecule has 0 radical (unpaired) electrons. The van der Waals surface area contributed by atoms with E-state index in [9.17, 15) is 19.2 Å². The Balaban J connectivity index is 5.04. The third kappa shape index (κ3) is 13.4. The molecule has 0 aromatic rings. The Labute approximate surface area is 192 Å². The quantitative estimate of drug-likeness (QED) is 0.0632. The van der Waals surface area contributed by atoms with E-state index in [0.717, 1.165) is 0 Å². The fourth-order valence-corrected chi connectivity index (χ4v) is 2.48. The van der Waals surface area contributed by atoms with Gasteiger partial charge in [0, 0.05) is 13.1 Å². The highest BCUT2D eigenvalue weighted by molar-refractivity contribution is 5.93. The average molecular weight is 473 g/mol. The van der Waals surface area contributed by atoms with Gasteiger partial charge in [0.05, 0.1) is 6.04 Å². The van der Waals surface area contributed by atoms with Crippen LogP contribution in [-0.2, 0) is 19.2 Å². The van der Waals surface area contributed by atoms with E-state index in [0.29, 0.717) is 19.4 Å². The molecule has 0 aliphatic heterocycles. The standard InChI is InChI=1S/C18H36N10O5/c1-9(13(29)27-10(2)16(32)33)26-15(31)12(6-4-8-25-18(22)23)28-14(30)11(19)5-3-7-24-17(20)21/h9-12H,3-8,19H2,1-2H3,(H,26,31)(H,27,29)(H,28,30)(H,32,33)(H4,20,21,24)(H4,22,23,25). The van der Waals surface area contributed by atoms with E-state index in [-0.39, 0.29) is 31.3 Å². The number of aliphatic imine (C=N–C) groups is 2. The summed E-state index contributed by atoms with van der Waals surface area (Å²) in [6.07, 6.45) is 1.24. The van der Waals surface area contributed by atoms with Crippen molar-refractivity contribution in [1.82, 2.24) is 16.0 Å². The molecule has 0 aliphatic rings. The monoisotopic (exact) mass is 472 g/mol. The molecule has 0 aromatic carbocycles. The van der Waals surface area contributed by atoms with Crippen LogP contribution in [0.5, 0.6) is 0 Å². The average Bonchev–Trinajstić information content (AvgIpc) is 2.72. The number of amides is 3. The summed E-state index contributed by atoms with van der Waals surface area (Å²) in [7, 11) is 0. The van der Waals surface area contributed by atoms with Crippen molar-refractivity contribution in [2.75, 3.05) is 13.1 Å². The summed E-state index contributed by atoms with van der Waals surface area (Å²) in [6, 6.07) is -4.12. The molecule has 33 heavy (non-hydrogen) atoms. The van der Waals surface area contributed by atoms with E-state index in [4.69, 9.17) is 33.8 Å². The number of nitrogens with zero attached hydrogens (tertiary/aromatic N) is 2. The molecule has 0 saturated heterocycles. The van der Waals surface area contributed by atoms with Crippen LogP contribution in [0.4, 0.5) is 0 Å². The van der Waals surface area contributed by atoms with Crippen LogP contribution in [0.1, 0.15) is 39.5 Å². The Hall–Kier alpha value is -3.62. The summed E-state index contributed by atoms with van der Waals surface area (Å²) in [6.45, 7) is 3.19. The van der Waals surface area contributed by atoms with Gasteiger partial charge in [-0.15, -0.1) is 0 Å². The molecular formula is C18H36N10O5. The van der Waals surface area contributed by atoms with E-state index in [1.807, 2.05) is 0 Å². The highest BCUT2D eigenvalue weighted by atomic mass is 16.4. The Morgan fingerprint density at radius 3 is 1.73 bits per heavy atom. The van der Waals surface area contributed by atoms with Gasteiger partial charge < -0.3 is 49.7 Å². The zero-order chi connectivity index (χ0) is 25.6. The molecule has 0 fully saturated rings. The number of guanidine groups is 2. The van der Waals surface area contributed by atoms with Crippen molar-refractivity contribution < 1.29 is 24.3 Å². The lowest BCUT2D eigenvalue weighted by Crippen LogP contribution is -2.56. The topological polar surface area (TPSA) is 279 Å². The Morgan fingerprint density at radius 2 is 1.24 bits per heavy atom. The fourth-order valence-electron chi connectivity index (χ4n) is 2.48. The van der Waals surface area contributed by atoms with Gasteiger partial charge in [-0.05, 0) is 39.5 Å². The lowest BCUT2D eigenvalue weighted by atomic mass is 10.1. The summed E-state index contributed by atoms with van der Waals surface area (Å²) in [5.41, 5.74) is 26.9. The van der Waals surface area contributed by atoms with Crippen molar-refractivity contribution in [3.05, 3.63) is 0 Å². The maximum absolute atomic E-state index is 12.7.